The van der Waals surface area contributed by atoms with Crippen molar-refractivity contribution < 1.29 is 9.59 Å². The van der Waals surface area contributed by atoms with Gasteiger partial charge in [-0.2, -0.15) is 0 Å². The van der Waals surface area contributed by atoms with Crippen LogP contribution < -0.4 is 0 Å². The predicted molar refractivity (Wildman–Crippen MR) is 59.4 cm³/mol. The Bertz CT molecular complexity index is 265. The zero-order chi connectivity index (χ0) is 11.6. The molecule has 0 saturated carbocycles. The maximum atomic E-state index is 11.7. The summed E-state index contributed by atoms with van der Waals surface area (Å²) in [6.07, 6.45) is 1.13. The number of carbonyl (C=O) groups excluding carboxylic acids is 2. The highest BCUT2D eigenvalue weighted by Crippen LogP contribution is 2.34. The fourth-order valence-electron chi connectivity index (χ4n) is 1.86. The Kier molecular flexibility index (Phi) is 3.53. The highest BCUT2D eigenvalue weighted by molar-refractivity contribution is 5.80. The van der Waals surface area contributed by atoms with Crippen LogP contribution in [0.2, 0.25) is 0 Å². The summed E-state index contributed by atoms with van der Waals surface area (Å²) in [5.41, 5.74) is 0.181. The summed E-state index contributed by atoms with van der Waals surface area (Å²) in [7, 11) is 0. The molecule has 0 aliphatic carbocycles. The highest BCUT2D eigenvalue weighted by atomic mass is 16.2. The van der Waals surface area contributed by atoms with Gasteiger partial charge in [-0.3, -0.25) is 9.59 Å². The summed E-state index contributed by atoms with van der Waals surface area (Å²) in [6, 6.07) is 0. The van der Waals surface area contributed by atoms with Crippen molar-refractivity contribution >= 4 is 11.7 Å². The number of nitrogens with zero attached hydrogens (tertiary/aromatic N) is 1. The summed E-state index contributed by atoms with van der Waals surface area (Å²) in [6.45, 7) is 9.48. The van der Waals surface area contributed by atoms with Crippen molar-refractivity contribution in [1.82, 2.24) is 4.90 Å². The number of likely N-dealkylation sites (tertiary alicyclic amines) is 1. The molecule has 1 fully saturated rings. The van der Waals surface area contributed by atoms with Crippen LogP contribution in [-0.2, 0) is 9.59 Å². The van der Waals surface area contributed by atoms with Gasteiger partial charge in [-0.05, 0) is 18.3 Å². The molecule has 15 heavy (non-hydrogen) atoms. The Balaban J connectivity index is 2.50. The molecule has 86 valence electrons. The molecule has 1 unspecified atom stereocenters. The van der Waals surface area contributed by atoms with E-state index in [-0.39, 0.29) is 17.1 Å². The third-order valence-electron chi connectivity index (χ3n) is 3.17. The summed E-state index contributed by atoms with van der Waals surface area (Å²) in [4.78, 5) is 24.3. The van der Waals surface area contributed by atoms with Crippen LogP contribution in [0.5, 0.6) is 0 Å². The van der Waals surface area contributed by atoms with E-state index < -0.39 is 0 Å². The van der Waals surface area contributed by atoms with E-state index in [1.54, 1.807) is 6.92 Å². The van der Waals surface area contributed by atoms with E-state index in [4.69, 9.17) is 0 Å². The molecule has 3 heteroatoms. The number of rotatable bonds is 3. The van der Waals surface area contributed by atoms with Gasteiger partial charge in [0.2, 0.25) is 5.91 Å². The molecule has 0 N–H and O–H groups in total. The molecule has 0 bridgehead atoms. The molecule has 3 nitrogen and oxygen atoms in total. The van der Waals surface area contributed by atoms with Crippen molar-refractivity contribution in [3.05, 3.63) is 0 Å². The third-order valence-corrected chi connectivity index (χ3v) is 3.17. The standard InChI is InChI=1S/C12H21NO2/c1-9(14)5-6-13-8-10(7-11(13)15)12(2,3)4/h10H,5-8H2,1-4H3. The van der Waals surface area contributed by atoms with Gasteiger partial charge in [0.1, 0.15) is 5.78 Å². The molecule has 1 heterocycles. The van der Waals surface area contributed by atoms with Gasteiger partial charge >= 0.3 is 0 Å². The number of hydrogen-bond acceptors (Lipinski definition) is 2. The minimum absolute atomic E-state index is 0.155. The topological polar surface area (TPSA) is 37.4 Å². The van der Waals surface area contributed by atoms with Crippen molar-refractivity contribution in [2.45, 2.75) is 40.5 Å². The first-order valence-electron chi connectivity index (χ1n) is 5.58. The highest BCUT2D eigenvalue weighted by Gasteiger charge is 2.36. The molecule has 1 saturated heterocycles. The summed E-state index contributed by atoms with van der Waals surface area (Å²) in [5, 5.41) is 0. The molecular weight excluding hydrogens is 190 g/mol. The average molecular weight is 211 g/mol. The van der Waals surface area contributed by atoms with Crippen LogP contribution in [0.25, 0.3) is 0 Å². The van der Waals surface area contributed by atoms with Crippen LogP contribution in [0, 0.1) is 11.3 Å². The van der Waals surface area contributed by atoms with Crippen LogP contribution >= 0.6 is 0 Å². The SMILES string of the molecule is CC(=O)CCN1CC(C(C)(C)C)CC1=O. The largest absolute Gasteiger partial charge is 0.342 e. The lowest BCUT2D eigenvalue weighted by molar-refractivity contribution is -0.128. The van der Waals surface area contributed by atoms with Gasteiger partial charge in [0, 0.05) is 25.9 Å². The minimum atomic E-state index is 0.155. The van der Waals surface area contributed by atoms with Crippen molar-refractivity contribution in [2.75, 3.05) is 13.1 Å². The molecule has 0 aromatic carbocycles. The Labute approximate surface area is 91.8 Å². The lowest BCUT2D eigenvalue weighted by Gasteiger charge is -2.26. The Morgan fingerprint density at radius 2 is 2.07 bits per heavy atom. The van der Waals surface area contributed by atoms with E-state index in [1.165, 1.54) is 0 Å². The van der Waals surface area contributed by atoms with Crippen molar-refractivity contribution in [3.8, 4) is 0 Å². The first-order valence-corrected chi connectivity index (χ1v) is 5.58. The Morgan fingerprint density at radius 1 is 1.47 bits per heavy atom. The van der Waals surface area contributed by atoms with E-state index >= 15 is 0 Å². The van der Waals surface area contributed by atoms with Gasteiger partial charge in [0.25, 0.3) is 0 Å². The van der Waals surface area contributed by atoms with Crippen molar-refractivity contribution in [1.29, 1.82) is 0 Å². The number of carbonyl (C=O) groups is 2. The number of amides is 1. The fourth-order valence-corrected chi connectivity index (χ4v) is 1.86. The predicted octanol–water partition coefficient (Wildman–Crippen LogP) is 1.86. The molecule has 1 aliphatic rings. The van der Waals surface area contributed by atoms with Gasteiger partial charge in [0.05, 0.1) is 0 Å². The summed E-state index contributed by atoms with van der Waals surface area (Å²) < 4.78 is 0. The Morgan fingerprint density at radius 3 is 2.47 bits per heavy atom. The van der Waals surface area contributed by atoms with E-state index in [0.29, 0.717) is 25.3 Å². The zero-order valence-corrected chi connectivity index (χ0v) is 10.2. The summed E-state index contributed by atoms with van der Waals surface area (Å²) in [5.74, 6) is 0.787. The second-order valence-electron chi connectivity index (χ2n) is 5.56. The normalized spacial score (nSPS) is 22.3. The first kappa shape index (κ1) is 12.2. The lowest BCUT2D eigenvalue weighted by Crippen LogP contribution is -2.29. The zero-order valence-electron chi connectivity index (χ0n) is 10.2. The van der Waals surface area contributed by atoms with E-state index in [9.17, 15) is 9.59 Å². The lowest BCUT2D eigenvalue weighted by atomic mass is 9.80. The molecule has 1 rings (SSSR count). The quantitative estimate of drug-likeness (QED) is 0.714. The molecule has 1 aliphatic heterocycles. The van der Waals surface area contributed by atoms with Crippen LogP contribution in [0.4, 0.5) is 0 Å². The number of Topliss-reactive ketones (excluding diaryl/α,β-unsaturated/α-hetero) is 1. The van der Waals surface area contributed by atoms with Gasteiger partial charge < -0.3 is 4.90 Å². The minimum Gasteiger partial charge on any atom is -0.342 e. The van der Waals surface area contributed by atoms with Gasteiger partial charge in [0.15, 0.2) is 0 Å². The molecule has 0 spiro atoms. The molecule has 1 amide bonds. The van der Waals surface area contributed by atoms with Crippen LogP contribution in [-0.4, -0.2) is 29.7 Å². The van der Waals surface area contributed by atoms with Crippen LogP contribution in [0.1, 0.15) is 40.5 Å². The molecule has 0 aromatic heterocycles. The molecule has 0 radical (unpaired) electrons. The van der Waals surface area contributed by atoms with Crippen LogP contribution in [0.15, 0.2) is 0 Å². The summed E-state index contributed by atoms with van der Waals surface area (Å²) >= 11 is 0. The first-order chi connectivity index (χ1) is 6.80. The second-order valence-corrected chi connectivity index (χ2v) is 5.56. The van der Waals surface area contributed by atoms with Gasteiger partial charge in [-0.1, -0.05) is 20.8 Å². The fraction of sp³-hybridized carbons (Fsp3) is 0.833. The molecular formula is C12H21NO2. The van der Waals surface area contributed by atoms with Crippen molar-refractivity contribution in [2.24, 2.45) is 11.3 Å². The van der Waals surface area contributed by atoms with E-state index in [1.807, 2.05) is 4.90 Å². The number of hydrogen-bond donors (Lipinski definition) is 0. The molecule has 1 atom stereocenters. The van der Waals surface area contributed by atoms with Crippen LogP contribution in [0.3, 0.4) is 0 Å². The molecule has 0 aromatic rings. The van der Waals surface area contributed by atoms with Gasteiger partial charge in [-0.15, -0.1) is 0 Å². The Hall–Kier alpha value is -0.860. The smallest absolute Gasteiger partial charge is 0.222 e. The second kappa shape index (κ2) is 4.33. The maximum absolute atomic E-state index is 11.7. The average Bonchev–Trinajstić information content (AvgIpc) is 2.42. The monoisotopic (exact) mass is 211 g/mol. The number of ketones is 1. The van der Waals surface area contributed by atoms with E-state index in [0.717, 1.165) is 6.54 Å². The van der Waals surface area contributed by atoms with Gasteiger partial charge in [-0.25, -0.2) is 0 Å². The third kappa shape index (κ3) is 3.33. The maximum Gasteiger partial charge on any atom is 0.222 e. The van der Waals surface area contributed by atoms with Crippen molar-refractivity contribution in [3.63, 3.8) is 0 Å². The van der Waals surface area contributed by atoms with E-state index in [2.05, 4.69) is 20.8 Å².